The Balaban J connectivity index is 3.42. The summed E-state index contributed by atoms with van der Waals surface area (Å²) in [4.78, 5) is 23.2. The number of hydrogen-bond acceptors (Lipinski definition) is 3. The summed E-state index contributed by atoms with van der Waals surface area (Å²) in [5.74, 6) is -0.0690. The molecule has 0 spiro atoms. The minimum absolute atomic E-state index is 0.0690. The zero-order valence-electron chi connectivity index (χ0n) is 9.01. The van der Waals surface area contributed by atoms with Gasteiger partial charge < -0.3 is 10.2 Å². The van der Waals surface area contributed by atoms with E-state index >= 15 is 0 Å². The van der Waals surface area contributed by atoms with Crippen molar-refractivity contribution >= 4 is 12.2 Å². The van der Waals surface area contributed by atoms with Gasteiger partial charge >= 0.3 is 0 Å². The van der Waals surface area contributed by atoms with Crippen LogP contribution in [0, 0.1) is 0 Å². The molecule has 0 atom stereocenters. The van der Waals surface area contributed by atoms with E-state index < -0.39 is 0 Å². The number of hydrogen-bond donors (Lipinski definition) is 1. The topological polar surface area (TPSA) is 49.4 Å². The van der Waals surface area contributed by atoms with E-state index in [1.165, 1.54) is 0 Å². The third-order valence-electron chi connectivity index (χ3n) is 2.10. The molecule has 0 rings (SSSR count). The van der Waals surface area contributed by atoms with E-state index in [0.717, 1.165) is 19.6 Å². The third-order valence-corrected chi connectivity index (χ3v) is 2.10. The zero-order valence-corrected chi connectivity index (χ0v) is 9.01. The minimum atomic E-state index is -0.0690. The van der Waals surface area contributed by atoms with Gasteiger partial charge in [-0.25, -0.2) is 0 Å². The van der Waals surface area contributed by atoms with Crippen LogP contribution in [0.25, 0.3) is 0 Å². The molecule has 0 aliphatic rings. The van der Waals surface area contributed by atoms with Crippen molar-refractivity contribution in [2.24, 2.45) is 0 Å². The molecule has 0 saturated heterocycles. The molecule has 1 radical (unpaired) electrons. The maximum atomic E-state index is 11.1. The van der Waals surface area contributed by atoms with Crippen LogP contribution in [0.1, 0.15) is 26.7 Å². The SMILES string of the molecule is CCN(CC)CCNC(=O)CC[C]=O. The van der Waals surface area contributed by atoms with Crippen molar-refractivity contribution in [2.75, 3.05) is 26.2 Å². The fourth-order valence-electron chi connectivity index (χ4n) is 1.15. The Labute approximate surface area is 85.7 Å². The lowest BCUT2D eigenvalue weighted by Gasteiger charge is -2.17. The Morgan fingerprint density at radius 3 is 2.50 bits per heavy atom. The van der Waals surface area contributed by atoms with Crippen LogP contribution in [0.2, 0.25) is 0 Å². The van der Waals surface area contributed by atoms with E-state index in [1.54, 1.807) is 6.29 Å². The van der Waals surface area contributed by atoms with Gasteiger partial charge in [-0.05, 0) is 13.1 Å². The number of carbonyl (C=O) groups excluding carboxylic acids is 2. The Kier molecular flexibility index (Phi) is 8.13. The minimum Gasteiger partial charge on any atom is -0.355 e. The van der Waals surface area contributed by atoms with Crippen molar-refractivity contribution < 1.29 is 9.59 Å². The molecule has 0 heterocycles. The van der Waals surface area contributed by atoms with Crippen LogP contribution in [0.5, 0.6) is 0 Å². The van der Waals surface area contributed by atoms with Gasteiger partial charge in [-0.3, -0.25) is 9.59 Å². The van der Waals surface area contributed by atoms with Gasteiger partial charge in [0.15, 0.2) is 6.29 Å². The highest BCUT2D eigenvalue weighted by molar-refractivity contribution is 5.78. The zero-order chi connectivity index (χ0) is 10.8. The quantitative estimate of drug-likeness (QED) is 0.613. The average molecular weight is 199 g/mol. The van der Waals surface area contributed by atoms with E-state index in [-0.39, 0.29) is 18.7 Å². The molecule has 81 valence electrons. The van der Waals surface area contributed by atoms with Crippen LogP contribution < -0.4 is 5.32 Å². The molecule has 4 heteroatoms. The first kappa shape index (κ1) is 13.1. The molecule has 0 aliphatic carbocycles. The molecule has 0 aliphatic heterocycles. The number of rotatable bonds is 8. The maximum Gasteiger partial charge on any atom is 0.220 e. The van der Waals surface area contributed by atoms with Crippen molar-refractivity contribution in [2.45, 2.75) is 26.7 Å². The third kappa shape index (κ3) is 6.60. The van der Waals surface area contributed by atoms with Gasteiger partial charge in [0.2, 0.25) is 5.91 Å². The molecule has 0 aromatic carbocycles. The molecule has 1 amide bonds. The number of likely N-dealkylation sites (N-methyl/N-ethyl adjacent to an activating group) is 1. The highest BCUT2D eigenvalue weighted by atomic mass is 16.1. The largest absolute Gasteiger partial charge is 0.355 e. The number of nitrogens with one attached hydrogen (secondary N) is 1. The van der Waals surface area contributed by atoms with Crippen LogP contribution in [-0.2, 0) is 9.59 Å². The predicted octanol–water partition coefficient (Wildman–Crippen LogP) is 0.334. The van der Waals surface area contributed by atoms with E-state index in [4.69, 9.17) is 0 Å². The molecule has 4 nitrogen and oxygen atoms in total. The lowest BCUT2D eigenvalue weighted by atomic mass is 10.3. The molecular weight excluding hydrogens is 180 g/mol. The van der Waals surface area contributed by atoms with Crippen LogP contribution in [0.3, 0.4) is 0 Å². The van der Waals surface area contributed by atoms with Crippen LogP contribution in [-0.4, -0.2) is 43.3 Å². The fourth-order valence-corrected chi connectivity index (χ4v) is 1.15. The van der Waals surface area contributed by atoms with Crippen molar-refractivity contribution in [1.29, 1.82) is 0 Å². The van der Waals surface area contributed by atoms with E-state index in [9.17, 15) is 9.59 Å². The highest BCUT2D eigenvalue weighted by Crippen LogP contribution is 1.86. The van der Waals surface area contributed by atoms with Gasteiger partial charge in [-0.2, -0.15) is 0 Å². The normalized spacial score (nSPS) is 10.2. The van der Waals surface area contributed by atoms with Crippen molar-refractivity contribution in [3.8, 4) is 0 Å². The Morgan fingerprint density at radius 2 is 2.00 bits per heavy atom. The highest BCUT2D eigenvalue weighted by Gasteiger charge is 2.01. The summed E-state index contributed by atoms with van der Waals surface area (Å²) >= 11 is 0. The molecule has 0 aromatic heterocycles. The monoisotopic (exact) mass is 199 g/mol. The summed E-state index contributed by atoms with van der Waals surface area (Å²) in [7, 11) is 0. The summed E-state index contributed by atoms with van der Waals surface area (Å²) in [6, 6.07) is 0. The number of carbonyl (C=O) groups is 1. The van der Waals surface area contributed by atoms with E-state index in [1.807, 2.05) is 0 Å². The second-order valence-electron chi connectivity index (χ2n) is 3.02. The smallest absolute Gasteiger partial charge is 0.220 e. The van der Waals surface area contributed by atoms with Gasteiger partial charge in [0.25, 0.3) is 0 Å². The van der Waals surface area contributed by atoms with Crippen molar-refractivity contribution in [3.05, 3.63) is 0 Å². The Bertz CT molecular complexity index is 168. The first-order chi connectivity index (χ1) is 6.74. The number of nitrogens with zero attached hydrogens (tertiary/aromatic N) is 1. The summed E-state index contributed by atoms with van der Waals surface area (Å²) in [5.41, 5.74) is 0. The first-order valence-electron chi connectivity index (χ1n) is 5.08. The lowest BCUT2D eigenvalue weighted by molar-refractivity contribution is -0.121. The summed E-state index contributed by atoms with van der Waals surface area (Å²) in [6.45, 7) is 7.69. The molecule has 0 aromatic rings. The standard InChI is InChI=1S/C10H19N2O2/c1-3-12(4-2)8-7-11-10(14)6-5-9-13/h3-8H2,1-2H3,(H,11,14). The second-order valence-corrected chi connectivity index (χ2v) is 3.02. The maximum absolute atomic E-state index is 11.1. The Morgan fingerprint density at radius 1 is 1.36 bits per heavy atom. The molecule has 0 fully saturated rings. The lowest BCUT2D eigenvalue weighted by Crippen LogP contribution is -2.34. The van der Waals surface area contributed by atoms with Gasteiger partial charge in [-0.1, -0.05) is 13.8 Å². The molecule has 0 saturated carbocycles. The summed E-state index contributed by atoms with van der Waals surface area (Å²) in [5, 5.41) is 2.76. The van der Waals surface area contributed by atoms with Crippen LogP contribution >= 0.6 is 0 Å². The molecule has 0 bridgehead atoms. The molecule has 0 unspecified atom stereocenters. The number of amides is 1. The van der Waals surface area contributed by atoms with E-state index in [0.29, 0.717) is 6.54 Å². The van der Waals surface area contributed by atoms with Crippen molar-refractivity contribution in [1.82, 2.24) is 10.2 Å². The van der Waals surface area contributed by atoms with Crippen molar-refractivity contribution in [3.63, 3.8) is 0 Å². The Hall–Kier alpha value is -0.900. The van der Waals surface area contributed by atoms with Gasteiger partial charge in [-0.15, -0.1) is 0 Å². The molecule has 1 N–H and O–H groups in total. The average Bonchev–Trinajstić information content (AvgIpc) is 2.21. The van der Waals surface area contributed by atoms with Crippen LogP contribution in [0.15, 0.2) is 0 Å². The fraction of sp³-hybridized carbons (Fsp3) is 0.800. The van der Waals surface area contributed by atoms with Gasteiger partial charge in [0, 0.05) is 25.9 Å². The second kappa shape index (κ2) is 8.69. The predicted molar refractivity (Wildman–Crippen MR) is 55.7 cm³/mol. The molecular formula is C10H19N2O2. The van der Waals surface area contributed by atoms with Crippen LogP contribution in [0.4, 0.5) is 0 Å². The van der Waals surface area contributed by atoms with E-state index in [2.05, 4.69) is 24.1 Å². The van der Waals surface area contributed by atoms with Gasteiger partial charge in [0.05, 0.1) is 0 Å². The molecule has 14 heavy (non-hydrogen) atoms. The summed E-state index contributed by atoms with van der Waals surface area (Å²) < 4.78 is 0. The summed E-state index contributed by atoms with van der Waals surface area (Å²) in [6.07, 6.45) is 2.14. The first-order valence-corrected chi connectivity index (χ1v) is 5.08. The van der Waals surface area contributed by atoms with Gasteiger partial charge in [0.1, 0.15) is 0 Å².